The van der Waals surface area contributed by atoms with Gasteiger partial charge in [-0.2, -0.15) is 4.68 Å². The van der Waals surface area contributed by atoms with Crippen molar-refractivity contribution in [1.29, 1.82) is 0 Å². The third kappa shape index (κ3) is 4.26. The first-order valence-corrected chi connectivity index (χ1v) is 10.2. The van der Waals surface area contributed by atoms with Crippen LogP contribution in [0, 0.1) is 0 Å². The highest BCUT2D eigenvalue weighted by Crippen LogP contribution is 2.32. The molecule has 9 heteroatoms. The number of carbonyl (C=O) groups excluding carboxylic acids is 1. The Labute approximate surface area is 179 Å². The minimum atomic E-state index is 0.00596. The Morgan fingerprint density at radius 3 is 2.65 bits per heavy atom. The zero-order chi connectivity index (χ0) is 21.0. The smallest absolute Gasteiger partial charge is 0.246 e. The molecule has 2 aliphatic heterocycles. The number of benzene rings is 2. The molecular formula is C22H22N6O3. The summed E-state index contributed by atoms with van der Waals surface area (Å²) < 4.78 is 12.5. The number of amides is 1. The van der Waals surface area contributed by atoms with Crippen molar-refractivity contribution < 1.29 is 14.3 Å². The van der Waals surface area contributed by atoms with Gasteiger partial charge in [-0.15, -0.1) is 5.10 Å². The van der Waals surface area contributed by atoms with Gasteiger partial charge in [0.15, 0.2) is 17.3 Å². The van der Waals surface area contributed by atoms with Crippen molar-refractivity contribution in [3.63, 3.8) is 0 Å². The Morgan fingerprint density at radius 1 is 1.00 bits per heavy atom. The van der Waals surface area contributed by atoms with Crippen LogP contribution in [0.4, 0.5) is 0 Å². The lowest BCUT2D eigenvalue weighted by Crippen LogP contribution is -2.48. The molecule has 0 aliphatic carbocycles. The first kappa shape index (κ1) is 19.3. The summed E-state index contributed by atoms with van der Waals surface area (Å²) in [7, 11) is 0. The minimum absolute atomic E-state index is 0.00596. The van der Waals surface area contributed by atoms with Crippen LogP contribution in [0.15, 0.2) is 54.6 Å². The van der Waals surface area contributed by atoms with Gasteiger partial charge in [0.25, 0.3) is 0 Å². The van der Waals surface area contributed by atoms with E-state index in [1.54, 1.807) is 10.8 Å². The van der Waals surface area contributed by atoms with Crippen molar-refractivity contribution in [2.75, 3.05) is 33.0 Å². The molecule has 3 heterocycles. The van der Waals surface area contributed by atoms with E-state index in [4.69, 9.17) is 9.47 Å². The van der Waals surface area contributed by atoms with Gasteiger partial charge < -0.3 is 14.4 Å². The van der Waals surface area contributed by atoms with Crippen LogP contribution in [-0.2, 0) is 11.3 Å². The fourth-order valence-electron chi connectivity index (χ4n) is 3.69. The number of ether oxygens (including phenoxy) is 2. The van der Waals surface area contributed by atoms with Gasteiger partial charge in [-0.3, -0.25) is 9.69 Å². The summed E-state index contributed by atoms with van der Waals surface area (Å²) in [6, 6.07) is 15.5. The molecule has 2 aliphatic rings. The molecule has 3 aromatic rings. The SMILES string of the molecule is O=C(/C=C\c1ccc2c(c1)OCO2)N1CCN(Cc2nnnn2-c2ccccc2)CC1. The standard InChI is InChI=1S/C22H22N6O3/c29-22(9-7-17-6-8-19-20(14-17)31-16-30-19)27-12-10-26(11-13-27)15-21-23-24-25-28(21)18-4-2-1-3-5-18/h1-9,14H,10-13,15-16H2/b9-7-. The predicted octanol–water partition coefficient (Wildman–Crippen LogP) is 1.75. The van der Waals surface area contributed by atoms with Crippen molar-refractivity contribution in [2.24, 2.45) is 0 Å². The lowest BCUT2D eigenvalue weighted by molar-refractivity contribution is -0.127. The zero-order valence-corrected chi connectivity index (χ0v) is 16.9. The van der Waals surface area contributed by atoms with E-state index in [-0.39, 0.29) is 12.7 Å². The molecule has 0 N–H and O–H groups in total. The summed E-state index contributed by atoms with van der Waals surface area (Å²) in [6.07, 6.45) is 3.42. The Bertz CT molecular complexity index is 1090. The van der Waals surface area contributed by atoms with Gasteiger partial charge in [-0.1, -0.05) is 24.3 Å². The second-order valence-electron chi connectivity index (χ2n) is 7.39. The van der Waals surface area contributed by atoms with Crippen molar-refractivity contribution in [1.82, 2.24) is 30.0 Å². The number of aromatic nitrogens is 4. The molecule has 5 rings (SSSR count). The van der Waals surface area contributed by atoms with Gasteiger partial charge in [0, 0.05) is 32.3 Å². The summed E-state index contributed by atoms with van der Waals surface area (Å²) in [5, 5.41) is 12.1. The van der Waals surface area contributed by atoms with Crippen LogP contribution in [0.1, 0.15) is 11.4 Å². The number of fused-ring (bicyclic) bond motifs is 1. The molecule has 0 bridgehead atoms. The second-order valence-corrected chi connectivity index (χ2v) is 7.39. The fraction of sp³-hybridized carbons (Fsp3) is 0.273. The van der Waals surface area contributed by atoms with Gasteiger partial charge in [0.2, 0.25) is 12.7 Å². The number of hydrogen-bond acceptors (Lipinski definition) is 7. The van der Waals surface area contributed by atoms with Crippen LogP contribution in [0.2, 0.25) is 0 Å². The van der Waals surface area contributed by atoms with Crippen LogP contribution in [0.3, 0.4) is 0 Å². The van der Waals surface area contributed by atoms with Crippen LogP contribution >= 0.6 is 0 Å². The van der Waals surface area contributed by atoms with Crippen molar-refractivity contribution >= 4 is 12.0 Å². The average molecular weight is 418 g/mol. The lowest BCUT2D eigenvalue weighted by atomic mass is 10.2. The van der Waals surface area contributed by atoms with E-state index < -0.39 is 0 Å². The second kappa shape index (κ2) is 8.57. The third-order valence-electron chi connectivity index (χ3n) is 5.40. The van der Waals surface area contributed by atoms with Crippen LogP contribution in [-0.4, -0.2) is 68.9 Å². The number of piperazine rings is 1. The van der Waals surface area contributed by atoms with E-state index in [9.17, 15) is 4.79 Å². The van der Waals surface area contributed by atoms with Crippen LogP contribution in [0.5, 0.6) is 11.5 Å². The van der Waals surface area contributed by atoms with Crippen molar-refractivity contribution in [3.8, 4) is 17.2 Å². The quantitative estimate of drug-likeness (QED) is 0.584. The summed E-state index contributed by atoms with van der Waals surface area (Å²) >= 11 is 0. The van der Waals surface area contributed by atoms with Crippen molar-refractivity contribution in [2.45, 2.75) is 6.54 Å². The van der Waals surface area contributed by atoms with E-state index in [0.717, 1.165) is 35.9 Å². The summed E-state index contributed by atoms with van der Waals surface area (Å²) in [5.74, 6) is 2.24. The van der Waals surface area contributed by atoms with E-state index in [1.807, 2.05) is 59.5 Å². The largest absolute Gasteiger partial charge is 0.454 e. The predicted molar refractivity (Wildman–Crippen MR) is 113 cm³/mol. The molecule has 2 aromatic carbocycles. The molecule has 0 spiro atoms. The van der Waals surface area contributed by atoms with E-state index >= 15 is 0 Å². The monoisotopic (exact) mass is 418 g/mol. The molecule has 31 heavy (non-hydrogen) atoms. The third-order valence-corrected chi connectivity index (χ3v) is 5.40. The highest BCUT2D eigenvalue weighted by Gasteiger charge is 2.22. The van der Waals surface area contributed by atoms with Crippen molar-refractivity contribution in [3.05, 3.63) is 66.0 Å². The summed E-state index contributed by atoms with van der Waals surface area (Å²) in [5.41, 5.74) is 1.84. The first-order valence-electron chi connectivity index (χ1n) is 10.2. The Kier molecular flexibility index (Phi) is 5.32. The molecular weight excluding hydrogens is 396 g/mol. The number of rotatable bonds is 5. The summed E-state index contributed by atoms with van der Waals surface area (Å²) in [4.78, 5) is 16.7. The normalized spacial score (nSPS) is 16.2. The van der Waals surface area contributed by atoms with Gasteiger partial charge >= 0.3 is 0 Å². The number of nitrogens with zero attached hydrogens (tertiary/aromatic N) is 6. The van der Waals surface area contributed by atoms with Crippen LogP contribution in [0.25, 0.3) is 11.8 Å². The number of hydrogen-bond donors (Lipinski definition) is 0. The first-order chi connectivity index (χ1) is 15.3. The number of para-hydroxylation sites is 1. The van der Waals surface area contributed by atoms with E-state index in [1.165, 1.54) is 0 Å². The minimum Gasteiger partial charge on any atom is -0.454 e. The maximum atomic E-state index is 12.6. The molecule has 1 saturated heterocycles. The highest BCUT2D eigenvalue weighted by molar-refractivity contribution is 5.92. The molecule has 158 valence electrons. The number of tetrazole rings is 1. The zero-order valence-electron chi connectivity index (χ0n) is 16.9. The topological polar surface area (TPSA) is 85.6 Å². The molecule has 0 radical (unpaired) electrons. The Hall–Kier alpha value is -3.72. The number of carbonyl (C=O) groups is 1. The average Bonchev–Trinajstić information content (AvgIpc) is 3.47. The fourth-order valence-corrected chi connectivity index (χ4v) is 3.69. The summed E-state index contributed by atoms with van der Waals surface area (Å²) in [6.45, 7) is 3.74. The molecule has 0 unspecified atom stereocenters. The van der Waals surface area contributed by atoms with Gasteiger partial charge in [-0.05, 0) is 46.3 Å². The van der Waals surface area contributed by atoms with E-state index in [2.05, 4.69) is 20.4 Å². The molecule has 1 aromatic heterocycles. The lowest BCUT2D eigenvalue weighted by Gasteiger charge is -2.33. The van der Waals surface area contributed by atoms with E-state index in [0.29, 0.717) is 25.4 Å². The van der Waals surface area contributed by atoms with Crippen LogP contribution < -0.4 is 9.47 Å². The maximum Gasteiger partial charge on any atom is 0.246 e. The van der Waals surface area contributed by atoms with Gasteiger partial charge in [0.05, 0.1) is 12.2 Å². The van der Waals surface area contributed by atoms with Gasteiger partial charge in [-0.25, -0.2) is 0 Å². The highest BCUT2D eigenvalue weighted by atomic mass is 16.7. The Morgan fingerprint density at radius 2 is 1.81 bits per heavy atom. The molecule has 1 fully saturated rings. The Balaban J connectivity index is 1.16. The molecule has 0 saturated carbocycles. The maximum absolute atomic E-state index is 12.6. The molecule has 1 amide bonds. The molecule has 9 nitrogen and oxygen atoms in total. The van der Waals surface area contributed by atoms with Gasteiger partial charge in [0.1, 0.15) is 0 Å². The molecule has 0 atom stereocenters.